The van der Waals surface area contributed by atoms with Crippen molar-refractivity contribution in [3.63, 3.8) is 0 Å². The number of methoxy groups -OCH3 is 1. The van der Waals surface area contributed by atoms with Gasteiger partial charge in [-0.1, -0.05) is 17.7 Å². The second-order valence-electron chi connectivity index (χ2n) is 6.24. The Balaban J connectivity index is 1.70. The third kappa shape index (κ3) is 4.19. The number of piperidine rings is 1. The van der Waals surface area contributed by atoms with E-state index < -0.39 is 0 Å². The van der Waals surface area contributed by atoms with Gasteiger partial charge in [0.25, 0.3) is 0 Å². The number of likely N-dealkylation sites (N-methyl/N-ethyl adjacent to an activating group) is 1. The lowest BCUT2D eigenvalue weighted by Crippen LogP contribution is -2.46. The van der Waals surface area contributed by atoms with E-state index in [4.69, 9.17) is 16.3 Å². The summed E-state index contributed by atoms with van der Waals surface area (Å²) in [6.45, 7) is 2.24. The van der Waals surface area contributed by atoms with Crippen LogP contribution >= 0.6 is 11.6 Å². The zero-order valence-corrected chi connectivity index (χ0v) is 15.2. The van der Waals surface area contributed by atoms with Gasteiger partial charge in [-0.3, -0.25) is 4.90 Å². The number of likely N-dealkylation sites (tertiary alicyclic amines) is 1. The molecule has 1 aliphatic heterocycles. The van der Waals surface area contributed by atoms with Crippen molar-refractivity contribution in [2.24, 2.45) is 0 Å². The fourth-order valence-electron chi connectivity index (χ4n) is 3.18. The maximum absolute atomic E-state index is 14.1. The third-order valence-corrected chi connectivity index (χ3v) is 4.97. The minimum atomic E-state index is -0.251. The molecule has 1 saturated heterocycles. The second kappa shape index (κ2) is 7.97. The van der Waals surface area contributed by atoms with Crippen LogP contribution in [0.15, 0.2) is 30.5 Å². The van der Waals surface area contributed by atoms with Gasteiger partial charge in [0.15, 0.2) is 0 Å². The van der Waals surface area contributed by atoms with Crippen molar-refractivity contribution in [1.82, 2.24) is 14.9 Å². The standard InChI is InChI=1S/C18H22ClFN4O/c1-23(18-21-9-8-17(22-18)25-2)13-5-4-10-24(11-13)12-14-15(19)6-3-7-16(14)20/h3,6-9,13H,4-5,10-12H2,1-2H3. The fourth-order valence-corrected chi connectivity index (χ4v) is 3.40. The highest BCUT2D eigenvalue weighted by atomic mass is 35.5. The molecule has 0 spiro atoms. The SMILES string of the molecule is COc1ccnc(N(C)C2CCCN(Cc3c(F)cccc3Cl)C2)n1. The average Bonchev–Trinajstić information content (AvgIpc) is 2.64. The van der Waals surface area contributed by atoms with Crippen molar-refractivity contribution >= 4 is 17.5 Å². The summed E-state index contributed by atoms with van der Waals surface area (Å²) in [5.74, 6) is 0.928. The summed E-state index contributed by atoms with van der Waals surface area (Å²) >= 11 is 6.17. The van der Waals surface area contributed by atoms with Crippen molar-refractivity contribution < 1.29 is 9.13 Å². The molecule has 0 radical (unpaired) electrons. The Bertz CT molecular complexity index is 710. The largest absolute Gasteiger partial charge is 0.481 e. The van der Waals surface area contributed by atoms with Crippen molar-refractivity contribution in [3.05, 3.63) is 46.9 Å². The summed E-state index contributed by atoms with van der Waals surface area (Å²) in [6.07, 6.45) is 3.76. The summed E-state index contributed by atoms with van der Waals surface area (Å²) in [5.41, 5.74) is 0.560. The van der Waals surface area contributed by atoms with Crippen LogP contribution < -0.4 is 9.64 Å². The van der Waals surface area contributed by atoms with Gasteiger partial charge in [-0.2, -0.15) is 4.98 Å². The Labute approximate surface area is 152 Å². The van der Waals surface area contributed by atoms with Gasteiger partial charge in [0.2, 0.25) is 11.8 Å². The Kier molecular flexibility index (Phi) is 5.71. The first-order valence-electron chi connectivity index (χ1n) is 8.33. The minimum absolute atomic E-state index is 0.251. The molecule has 1 unspecified atom stereocenters. The summed E-state index contributed by atoms with van der Waals surface area (Å²) in [4.78, 5) is 13.0. The van der Waals surface area contributed by atoms with Gasteiger partial charge in [0, 0.05) is 49.0 Å². The Morgan fingerprint density at radius 3 is 3.00 bits per heavy atom. The Hall–Kier alpha value is -1.92. The Morgan fingerprint density at radius 1 is 1.40 bits per heavy atom. The molecule has 1 fully saturated rings. The number of rotatable bonds is 5. The van der Waals surface area contributed by atoms with Crippen molar-refractivity contribution in [3.8, 4) is 5.88 Å². The first-order chi connectivity index (χ1) is 12.1. The van der Waals surface area contributed by atoms with Crippen LogP contribution in [0.2, 0.25) is 5.02 Å². The number of hydrogen-bond acceptors (Lipinski definition) is 5. The molecule has 7 heteroatoms. The molecule has 25 heavy (non-hydrogen) atoms. The normalized spacial score (nSPS) is 18.2. The van der Waals surface area contributed by atoms with Gasteiger partial charge >= 0.3 is 0 Å². The van der Waals surface area contributed by atoms with E-state index in [0.717, 1.165) is 25.9 Å². The lowest BCUT2D eigenvalue weighted by atomic mass is 10.0. The number of hydrogen-bond donors (Lipinski definition) is 0. The number of benzene rings is 1. The highest BCUT2D eigenvalue weighted by Gasteiger charge is 2.26. The minimum Gasteiger partial charge on any atom is -0.481 e. The molecule has 1 atom stereocenters. The van der Waals surface area contributed by atoms with E-state index in [1.807, 2.05) is 7.05 Å². The summed E-state index contributed by atoms with van der Waals surface area (Å²) in [6, 6.07) is 6.81. The summed E-state index contributed by atoms with van der Waals surface area (Å²) in [7, 11) is 3.58. The first-order valence-corrected chi connectivity index (χ1v) is 8.71. The van der Waals surface area contributed by atoms with Crippen LogP contribution in [-0.4, -0.2) is 48.2 Å². The molecule has 0 bridgehead atoms. The number of aromatic nitrogens is 2. The fraction of sp³-hybridized carbons (Fsp3) is 0.444. The van der Waals surface area contributed by atoms with Crippen LogP contribution in [0.25, 0.3) is 0 Å². The molecular weight excluding hydrogens is 343 g/mol. The van der Waals surface area contributed by atoms with Crippen molar-refractivity contribution in [2.45, 2.75) is 25.4 Å². The van der Waals surface area contributed by atoms with Crippen LogP contribution in [0, 0.1) is 5.82 Å². The number of nitrogens with zero attached hydrogens (tertiary/aromatic N) is 4. The molecule has 5 nitrogen and oxygen atoms in total. The highest BCUT2D eigenvalue weighted by molar-refractivity contribution is 6.31. The highest BCUT2D eigenvalue weighted by Crippen LogP contribution is 2.25. The van der Waals surface area contributed by atoms with Crippen LogP contribution in [0.5, 0.6) is 5.88 Å². The van der Waals surface area contributed by atoms with Gasteiger partial charge in [-0.15, -0.1) is 0 Å². The predicted octanol–water partition coefficient (Wildman–Crippen LogP) is 3.38. The van der Waals surface area contributed by atoms with Crippen LogP contribution in [0.3, 0.4) is 0 Å². The monoisotopic (exact) mass is 364 g/mol. The summed E-state index contributed by atoms with van der Waals surface area (Å²) < 4.78 is 19.2. The molecule has 0 aliphatic carbocycles. The smallest absolute Gasteiger partial charge is 0.228 e. The first kappa shape index (κ1) is 17.9. The van der Waals surface area contributed by atoms with E-state index in [1.54, 1.807) is 31.5 Å². The van der Waals surface area contributed by atoms with Crippen LogP contribution in [-0.2, 0) is 6.54 Å². The number of halogens is 2. The van der Waals surface area contributed by atoms with E-state index in [1.165, 1.54) is 6.07 Å². The molecule has 1 aromatic heterocycles. The van der Waals surface area contributed by atoms with E-state index in [2.05, 4.69) is 19.8 Å². The molecule has 0 amide bonds. The van der Waals surface area contributed by atoms with Gasteiger partial charge < -0.3 is 9.64 Å². The zero-order valence-electron chi connectivity index (χ0n) is 14.5. The summed E-state index contributed by atoms with van der Waals surface area (Å²) in [5, 5.41) is 0.478. The van der Waals surface area contributed by atoms with Crippen molar-refractivity contribution in [1.29, 1.82) is 0 Å². The van der Waals surface area contributed by atoms with Gasteiger partial charge in [0.1, 0.15) is 5.82 Å². The Morgan fingerprint density at radius 2 is 2.24 bits per heavy atom. The maximum atomic E-state index is 14.1. The molecule has 1 aromatic carbocycles. The van der Waals surface area contributed by atoms with Crippen LogP contribution in [0.4, 0.5) is 10.3 Å². The molecule has 1 aliphatic rings. The number of anilines is 1. The molecule has 0 N–H and O–H groups in total. The number of ether oxygens (including phenoxy) is 1. The van der Waals surface area contributed by atoms with E-state index in [-0.39, 0.29) is 11.9 Å². The van der Waals surface area contributed by atoms with E-state index in [0.29, 0.717) is 29.0 Å². The van der Waals surface area contributed by atoms with Crippen molar-refractivity contribution in [2.75, 3.05) is 32.1 Å². The molecule has 2 aromatic rings. The topological polar surface area (TPSA) is 41.5 Å². The predicted molar refractivity (Wildman–Crippen MR) is 96.7 cm³/mol. The quantitative estimate of drug-likeness (QED) is 0.813. The van der Waals surface area contributed by atoms with Gasteiger partial charge in [0.05, 0.1) is 7.11 Å². The molecule has 0 saturated carbocycles. The lowest BCUT2D eigenvalue weighted by molar-refractivity contribution is 0.196. The van der Waals surface area contributed by atoms with Gasteiger partial charge in [-0.25, -0.2) is 9.37 Å². The zero-order chi connectivity index (χ0) is 17.8. The van der Waals surface area contributed by atoms with E-state index in [9.17, 15) is 4.39 Å². The van der Waals surface area contributed by atoms with Crippen LogP contribution in [0.1, 0.15) is 18.4 Å². The molecule has 134 valence electrons. The average molecular weight is 365 g/mol. The molecule has 2 heterocycles. The third-order valence-electron chi connectivity index (χ3n) is 4.61. The van der Waals surface area contributed by atoms with Gasteiger partial charge in [-0.05, 0) is 31.5 Å². The van der Waals surface area contributed by atoms with E-state index >= 15 is 0 Å². The molecular formula is C18H22ClFN4O. The maximum Gasteiger partial charge on any atom is 0.228 e. The second-order valence-corrected chi connectivity index (χ2v) is 6.65. The lowest BCUT2D eigenvalue weighted by Gasteiger charge is -2.37. The molecule has 3 rings (SSSR count).